The number of nitrogens with zero attached hydrogens (tertiary/aromatic N) is 3. The average Bonchev–Trinajstić information content (AvgIpc) is 3.45. The molecule has 1 saturated heterocycles. The molecule has 0 spiro atoms. The van der Waals surface area contributed by atoms with Crippen molar-refractivity contribution in [3.63, 3.8) is 0 Å². The molecule has 2 aliphatic heterocycles. The summed E-state index contributed by atoms with van der Waals surface area (Å²) in [5, 5.41) is 4.16. The highest BCUT2D eigenvalue weighted by molar-refractivity contribution is 7.80. The van der Waals surface area contributed by atoms with E-state index in [2.05, 4.69) is 45.0 Å². The minimum atomic E-state index is -0.0562. The third kappa shape index (κ3) is 2.70. The van der Waals surface area contributed by atoms with Crippen LogP contribution in [0.5, 0.6) is 11.5 Å². The third-order valence-electron chi connectivity index (χ3n) is 5.24. The Bertz CT molecular complexity index is 1020. The van der Waals surface area contributed by atoms with Gasteiger partial charge in [-0.15, -0.1) is 0 Å². The lowest BCUT2D eigenvalue weighted by molar-refractivity contribution is 0.174. The Morgan fingerprint density at radius 1 is 1.14 bits per heavy atom. The van der Waals surface area contributed by atoms with Crippen LogP contribution >= 0.6 is 12.2 Å². The van der Waals surface area contributed by atoms with Crippen LogP contribution in [0.1, 0.15) is 30.4 Å². The molecular formula is C21H20N4O2S. The van der Waals surface area contributed by atoms with Crippen LogP contribution in [0.4, 0.5) is 5.69 Å². The van der Waals surface area contributed by atoms with Crippen molar-refractivity contribution in [1.29, 1.82) is 0 Å². The zero-order chi connectivity index (χ0) is 19.1. The number of aryl methyl sites for hydroxylation is 1. The molecule has 1 fully saturated rings. The Labute approximate surface area is 168 Å². The van der Waals surface area contributed by atoms with Crippen molar-refractivity contribution >= 4 is 23.0 Å². The van der Waals surface area contributed by atoms with Gasteiger partial charge >= 0.3 is 0 Å². The molecule has 3 aromatic rings. The van der Waals surface area contributed by atoms with E-state index in [1.165, 1.54) is 5.69 Å². The summed E-state index contributed by atoms with van der Waals surface area (Å²) >= 11 is 5.76. The number of anilines is 1. The van der Waals surface area contributed by atoms with Crippen molar-refractivity contribution in [2.45, 2.75) is 25.6 Å². The fourth-order valence-electron chi connectivity index (χ4n) is 3.95. The van der Waals surface area contributed by atoms with E-state index in [1.54, 1.807) is 0 Å². The fourth-order valence-corrected chi connectivity index (χ4v) is 4.30. The Balaban J connectivity index is 1.63. The molecule has 4 heterocycles. The Morgan fingerprint density at radius 2 is 2.04 bits per heavy atom. The van der Waals surface area contributed by atoms with Crippen LogP contribution in [-0.4, -0.2) is 21.5 Å². The molecule has 28 heavy (non-hydrogen) atoms. The van der Waals surface area contributed by atoms with Gasteiger partial charge in [-0.2, -0.15) is 0 Å². The first-order chi connectivity index (χ1) is 13.8. The van der Waals surface area contributed by atoms with Crippen molar-refractivity contribution in [3.8, 4) is 11.5 Å². The van der Waals surface area contributed by atoms with Crippen LogP contribution in [0.25, 0.3) is 0 Å². The first-order valence-electron chi connectivity index (χ1n) is 9.31. The molecule has 1 aromatic carbocycles. The molecule has 2 aromatic heterocycles. The number of ether oxygens (including phenoxy) is 2. The first kappa shape index (κ1) is 17.1. The molecule has 2 atom stereocenters. The van der Waals surface area contributed by atoms with Gasteiger partial charge in [-0.05, 0) is 55.5 Å². The molecule has 0 radical (unpaired) electrons. The number of hydrogen-bond acceptors (Lipinski definition) is 4. The van der Waals surface area contributed by atoms with Gasteiger partial charge in [0.1, 0.15) is 6.04 Å². The molecule has 0 aliphatic carbocycles. The van der Waals surface area contributed by atoms with E-state index in [0.717, 1.165) is 29.4 Å². The summed E-state index contributed by atoms with van der Waals surface area (Å²) in [6.07, 6.45) is 3.92. The maximum atomic E-state index is 5.76. The van der Waals surface area contributed by atoms with Crippen molar-refractivity contribution < 1.29 is 9.47 Å². The fraction of sp³-hybridized carbons (Fsp3) is 0.238. The zero-order valence-corrected chi connectivity index (χ0v) is 16.2. The second-order valence-corrected chi connectivity index (χ2v) is 7.14. The number of nitrogens with one attached hydrogen (secondary N) is 1. The summed E-state index contributed by atoms with van der Waals surface area (Å²) in [7, 11) is 0. The normalized spacial score (nSPS) is 20.5. The van der Waals surface area contributed by atoms with Crippen molar-refractivity contribution in [2.75, 3.05) is 11.7 Å². The molecule has 142 valence electrons. The molecule has 0 amide bonds. The molecule has 0 unspecified atom stereocenters. The topological polar surface area (TPSA) is 51.6 Å². The maximum Gasteiger partial charge on any atom is 0.231 e. The number of pyridine rings is 1. The quantitative estimate of drug-likeness (QED) is 0.682. The third-order valence-corrected chi connectivity index (χ3v) is 5.56. The molecule has 0 saturated carbocycles. The van der Waals surface area contributed by atoms with E-state index >= 15 is 0 Å². The van der Waals surface area contributed by atoms with Crippen LogP contribution in [-0.2, 0) is 6.54 Å². The largest absolute Gasteiger partial charge is 0.454 e. The lowest BCUT2D eigenvalue weighted by Crippen LogP contribution is -2.30. The first-order valence-corrected chi connectivity index (χ1v) is 9.72. The number of aromatic nitrogens is 2. The molecule has 0 bridgehead atoms. The maximum absolute atomic E-state index is 5.76. The number of thiocarbonyl (C=S) groups is 1. The van der Waals surface area contributed by atoms with Gasteiger partial charge in [0.15, 0.2) is 16.6 Å². The SMILES string of the molecule is CCn1cccc1[C@@H]1[C@@H](c2ccccn2)NC(=S)N1c1ccc2c(c1)OCO2. The minimum Gasteiger partial charge on any atom is -0.454 e. The smallest absolute Gasteiger partial charge is 0.231 e. The monoisotopic (exact) mass is 392 g/mol. The predicted molar refractivity (Wildman–Crippen MR) is 111 cm³/mol. The second-order valence-electron chi connectivity index (χ2n) is 6.75. The Hall–Kier alpha value is -3.06. The summed E-state index contributed by atoms with van der Waals surface area (Å²) in [5.74, 6) is 1.50. The molecular weight excluding hydrogens is 372 g/mol. The molecule has 2 aliphatic rings. The van der Waals surface area contributed by atoms with E-state index in [4.69, 9.17) is 21.7 Å². The standard InChI is InChI=1S/C21H20N4O2S/c1-2-24-11-5-7-16(24)20-19(15-6-3-4-10-22-15)23-21(28)25(20)14-8-9-17-18(12-14)27-13-26-17/h3-12,19-20H,2,13H2,1H3,(H,23,28)/t19-,20-/m1/s1. The summed E-state index contributed by atoms with van der Waals surface area (Å²) in [4.78, 5) is 6.74. The number of hydrogen-bond donors (Lipinski definition) is 1. The van der Waals surface area contributed by atoms with Gasteiger partial charge in [-0.3, -0.25) is 4.98 Å². The van der Waals surface area contributed by atoms with Gasteiger partial charge in [0.05, 0.1) is 11.7 Å². The van der Waals surface area contributed by atoms with Crippen LogP contribution in [0.15, 0.2) is 60.9 Å². The van der Waals surface area contributed by atoms with Crippen molar-refractivity contribution in [2.24, 2.45) is 0 Å². The molecule has 6 nitrogen and oxygen atoms in total. The highest BCUT2D eigenvalue weighted by Crippen LogP contribution is 2.44. The van der Waals surface area contributed by atoms with Gasteiger partial charge in [0.25, 0.3) is 0 Å². The minimum absolute atomic E-state index is 0.0299. The predicted octanol–water partition coefficient (Wildman–Crippen LogP) is 3.81. The van der Waals surface area contributed by atoms with Gasteiger partial charge in [-0.25, -0.2) is 0 Å². The van der Waals surface area contributed by atoms with Crippen LogP contribution in [0.2, 0.25) is 0 Å². The summed E-state index contributed by atoms with van der Waals surface area (Å²) in [6.45, 7) is 3.28. The van der Waals surface area contributed by atoms with E-state index in [1.807, 2.05) is 42.6 Å². The Morgan fingerprint density at radius 3 is 2.86 bits per heavy atom. The van der Waals surface area contributed by atoms with Gasteiger partial charge < -0.3 is 24.3 Å². The summed E-state index contributed by atoms with van der Waals surface area (Å²) in [6, 6.07) is 16.1. The average molecular weight is 392 g/mol. The highest BCUT2D eigenvalue weighted by atomic mass is 32.1. The molecule has 1 N–H and O–H groups in total. The van der Waals surface area contributed by atoms with E-state index in [9.17, 15) is 0 Å². The van der Waals surface area contributed by atoms with E-state index < -0.39 is 0 Å². The number of benzene rings is 1. The summed E-state index contributed by atoms with van der Waals surface area (Å²) in [5.41, 5.74) is 3.11. The van der Waals surface area contributed by atoms with Gasteiger partial charge in [0.2, 0.25) is 6.79 Å². The Kier molecular flexibility index (Phi) is 4.16. The van der Waals surface area contributed by atoms with E-state index in [-0.39, 0.29) is 18.9 Å². The van der Waals surface area contributed by atoms with Gasteiger partial charge in [-0.1, -0.05) is 6.07 Å². The van der Waals surface area contributed by atoms with Crippen molar-refractivity contribution in [1.82, 2.24) is 14.9 Å². The van der Waals surface area contributed by atoms with Gasteiger partial charge in [0, 0.05) is 36.4 Å². The molecule has 7 heteroatoms. The highest BCUT2D eigenvalue weighted by Gasteiger charge is 2.42. The molecule has 5 rings (SSSR count). The van der Waals surface area contributed by atoms with Crippen LogP contribution < -0.4 is 19.7 Å². The van der Waals surface area contributed by atoms with Crippen molar-refractivity contribution in [3.05, 3.63) is 72.3 Å². The zero-order valence-electron chi connectivity index (χ0n) is 15.4. The number of rotatable bonds is 4. The summed E-state index contributed by atoms with van der Waals surface area (Å²) < 4.78 is 13.3. The second kappa shape index (κ2) is 6.83. The lowest BCUT2D eigenvalue weighted by atomic mass is 10.0. The lowest BCUT2D eigenvalue weighted by Gasteiger charge is -2.28. The van der Waals surface area contributed by atoms with E-state index in [0.29, 0.717) is 5.11 Å². The van der Waals surface area contributed by atoms with Crippen LogP contribution in [0.3, 0.4) is 0 Å². The van der Waals surface area contributed by atoms with Crippen LogP contribution in [0, 0.1) is 0 Å². The number of fused-ring (bicyclic) bond motifs is 1.